The van der Waals surface area contributed by atoms with Gasteiger partial charge in [0.1, 0.15) is 26.4 Å². The first-order valence-electron chi connectivity index (χ1n) is 11.2. The Bertz CT molecular complexity index is 1360. The summed E-state index contributed by atoms with van der Waals surface area (Å²) in [4.78, 5) is 12.7. The molecular weight excluding hydrogens is 472 g/mol. The van der Waals surface area contributed by atoms with Crippen LogP contribution in [0.2, 0.25) is 0 Å². The fourth-order valence-electron chi connectivity index (χ4n) is 3.79. The molecule has 182 valence electrons. The molecule has 2 heterocycles. The zero-order chi connectivity index (χ0) is 24.3. The number of hydrogen-bond acceptors (Lipinski definition) is 7. The second-order valence-electron chi connectivity index (χ2n) is 7.98. The third-order valence-electron chi connectivity index (χ3n) is 5.51. The van der Waals surface area contributed by atoms with Crippen molar-refractivity contribution in [3.63, 3.8) is 0 Å². The van der Waals surface area contributed by atoms with Gasteiger partial charge in [-0.05, 0) is 54.4 Å². The molecule has 0 aliphatic carbocycles. The van der Waals surface area contributed by atoms with E-state index in [0.29, 0.717) is 62.2 Å². The predicted octanol–water partition coefficient (Wildman–Crippen LogP) is 3.00. The van der Waals surface area contributed by atoms with Gasteiger partial charge in [-0.25, -0.2) is 8.42 Å². The Balaban J connectivity index is 1.21. The van der Waals surface area contributed by atoms with E-state index in [0.717, 1.165) is 11.3 Å². The first kappa shape index (κ1) is 22.9. The van der Waals surface area contributed by atoms with E-state index >= 15 is 0 Å². The molecule has 10 heteroatoms. The number of amides is 1. The smallest absolute Gasteiger partial charge is 0.262 e. The molecule has 0 bridgehead atoms. The lowest BCUT2D eigenvalue weighted by molar-refractivity contribution is 0.0954. The lowest BCUT2D eigenvalue weighted by Crippen LogP contribution is -2.26. The molecule has 2 aliphatic rings. The first-order valence-corrected chi connectivity index (χ1v) is 12.7. The van der Waals surface area contributed by atoms with Gasteiger partial charge in [0.05, 0.1) is 4.90 Å². The summed E-state index contributed by atoms with van der Waals surface area (Å²) >= 11 is 0. The highest BCUT2D eigenvalue weighted by molar-refractivity contribution is 7.92. The zero-order valence-electron chi connectivity index (χ0n) is 18.8. The van der Waals surface area contributed by atoms with E-state index < -0.39 is 10.0 Å². The summed E-state index contributed by atoms with van der Waals surface area (Å²) in [6.07, 6.45) is 0.610. The van der Waals surface area contributed by atoms with Crippen LogP contribution < -0.4 is 29.0 Å². The minimum Gasteiger partial charge on any atom is -0.486 e. The summed E-state index contributed by atoms with van der Waals surface area (Å²) in [5.41, 5.74) is 1.63. The molecule has 0 spiro atoms. The fraction of sp³-hybridized carbons (Fsp3) is 0.240. The van der Waals surface area contributed by atoms with Crippen molar-refractivity contribution in [2.24, 2.45) is 0 Å². The maximum atomic E-state index is 12.9. The minimum atomic E-state index is -3.89. The molecule has 5 rings (SSSR count). The Morgan fingerprint density at radius 3 is 2.17 bits per heavy atom. The van der Waals surface area contributed by atoms with Gasteiger partial charge in [-0.15, -0.1) is 0 Å². The highest BCUT2D eigenvalue weighted by Crippen LogP contribution is 2.33. The number of anilines is 1. The van der Waals surface area contributed by atoms with E-state index in [1.165, 1.54) is 18.2 Å². The van der Waals surface area contributed by atoms with Crippen molar-refractivity contribution >= 4 is 21.6 Å². The highest BCUT2D eigenvalue weighted by Gasteiger charge is 2.20. The molecule has 3 aromatic rings. The number of sulfonamides is 1. The second kappa shape index (κ2) is 9.75. The molecule has 3 aromatic carbocycles. The van der Waals surface area contributed by atoms with Crippen LogP contribution in [0.25, 0.3) is 0 Å². The molecule has 0 fully saturated rings. The van der Waals surface area contributed by atoms with E-state index in [-0.39, 0.29) is 16.5 Å². The summed E-state index contributed by atoms with van der Waals surface area (Å²) in [7, 11) is -3.89. The standard InChI is InChI=1S/C25H24N2O7S/c28-25(26-9-8-17-4-6-21-23(14-17)33-12-10-31-21)18-2-1-3-19(15-18)27-35(29,30)20-5-7-22-24(16-20)34-13-11-32-22/h1-7,14-16,27H,8-13H2,(H,26,28). The Morgan fingerprint density at radius 2 is 1.43 bits per heavy atom. The minimum absolute atomic E-state index is 0.0380. The number of hydrogen-bond donors (Lipinski definition) is 2. The molecule has 0 saturated carbocycles. The van der Waals surface area contributed by atoms with Gasteiger partial charge in [0.15, 0.2) is 23.0 Å². The maximum Gasteiger partial charge on any atom is 0.262 e. The number of benzene rings is 3. The van der Waals surface area contributed by atoms with Crippen LogP contribution in [-0.4, -0.2) is 47.3 Å². The lowest BCUT2D eigenvalue weighted by atomic mass is 10.1. The largest absolute Gasteiger partial charge is 0.486 e. The van der Waals surface area contributed by atoms with Gasteiger partial charge in [-0.1, -0.05) is 12.1 Å². The van der Waals surface area contributed by atoms with Gasteiger partial charge in [0.2, 0.25) is 0 Å². The van der Waals surface area contributed by atoms with E-state index in [9.17, 15) is 13.2 Å². The lowest BCUT2D eigenvalue weighted by Gasteiger charge is -2.19. The van der Waals surface area contributed by atoms with Crippen LogP contribution in [0.3, 0.4) is 0 Å². The molecule has 2 N–H and O–H groups in total. The van der Waals surface area contributed by atoms with Crippen molar-refractivity contribution in [3.05, 3.63) is 71.8 Å². The average Bonchev–Trinajstić information content (AvgIpc) is 2.88. The Labute approximate surface area is 203 Å². The monoisotopic (exact) mass is 496 g/mol. The highest BCUT2D eigenvalue weighted by atomic mass is 32.2. The molecular formula is C25H24N2O7S. The molecule has 0 atom stereocenters. The van der Waals surface area contributed by atoms with E-state index in [1.54, 1.807) is 24.3 Å². The van der Waals surface area contributed by atoms with Gasteiger partial charge >= 0.3 is 0 Å². The maximum absolute atomic E-state index is 12.9. The Hall–Kier alpha value is -3.92. The number of carbonyl (C=O) groups is 1. The van der Waals surface area contributed by atoms with E-state index in [1.807, 2.05) is 18.2 Å². The zero-order valence-corrected chi connectivity index (χ0v) is 19.6. The molecule has 2 aliphatic heterocycles. The van der Waals surface area contributed by atoms with Crippen LogP contribution in [0.5, 0.6) is 23.0 Å². The molecule has 9 nitrogen and oxygen atoms in total. The van der Waals surface area contributed by atoms with Gasteiger partial charge in [0.25, 0.3) is 15.9 Å². The van der Waals surface area contributed by atoms with E-state index in [4.69, 9.17) is 18.9 Å². The Kier molecular flexibility index (Phi) is 6.37. The predicted molar refractivity (Wildman–Crippen MR) is 128 cm³/mol. The van der Waals surface area contributed by atoms with Gasteiger partial charge < -0.3 is 24.3 Å². The van der Waals surface area contributed by atoms with Crippen LogP contribution in [0.1, 0.15) is 15.9 Å². The topological polar surface area (TPSA) is 112 Å². The number of ether oxygens (including phenoxy) is 4. The van der Waals surface area contributed by atoms with E-state index in [2.05, 4.69) is 10.0 Å². The van der Waals surface area contributed by atoms with Crippen LogP contribution in [0.4, 0.5) is 5.69 Å². The molecule has 0 unspecified atom stereocenters. The molecule has 0 saturated heterocycles. The summed E-state index contributed by atoms with van der Waals surface area (Å²) in [5.74, 6) is 2.01. The van der Waals surface area contributed by atoms with Crippen molar-refractivity contribution in [3.8, 4) is 23.0 Å². The van der Waals surface area contributed by atoms with Crippen molar-refractivity contribution in [1.82, 2.24) is 5.32 Å². The summed E-state index contributed by atoms with van der Waals surface area (Å²) in [6.45, 7) is 2.24. The van der Waals surface area contributed by atoms with Crippen LogP contribution in [0.15, 0.2) is 65.6 Å². The van der Waals surface area contributed by atoms with Crippen molar-refractivity contribution < 1.29 is 32.2 Å². The van der Waals surface area contributed by atoms with Gasteiger partial charge in [-0.2, -0.15) is 0 Å². The quantitative estimate of drug-likeness (QED) is 0.517. The Morgan fingerprint density at radius 1 is 0.771 bits per heavy atom. The average molecular weight is 497 g/mol. The number of fused-ring (bicyclic) bond motifs is 2. The fourth-order valence-corrected chi connectivity index (χ4v) is 4.86. The number of carbonyl (C=O) groups excluding carboxylic acids is 1. The summed E-state index contributed by atoms with van der Waals surface area (Å²) in [6, 6.07) is 16.5. The molecule has 35 heavy (non-hydrogen) atoms. The number of rotatable bonds is 7. The normalized spacial score (nSPS) is 14.2. The van der Waals surface area contributed by atoms with Gasteiger partial charge in [0, 0.05) is 23.9 Å². The summed E-state index contributed by atoms with van der Waals surface area (Å²) < 4.78 is 50.3. The second-order valence-corrected chi connectivity index (χ2v) is 9.66. The SMILES string of the molecule is O=C(NCCc1ccc2c(c1)OCCO2)c1cccc(NS(=O)(=O)c2ccc3c(c2)OCCO3)c1. The number of nitrogens with one attached hydrogen (secondary N) is 2. The third kappa shape index (κ3) is 5.27. The third-order valence-corrected chi connectivity index (χ3v) is 6.89. The van der Waals surface area contributed by atoms with Crippen molar-refractivity contribution in [1.29, 1.82) is 0 Å². The molecule has 0 radical (unpaired) electrons. The van der Waals surface area contributed by atoms with Crippen LogP contribution in [-0.2, 0) is 16.4 Å². The molecule has 1 amide bonds. The van der Waals surface area contributed by atoms with Crippen LogP contribution in [0, 0.1) is 0 Å². The van der Waals surface area contributed by atoms with Crippen LogP contribution >= 0.6 is 0 Å². The van der Waals surface area contributed by atoms with Crippen molar-refractivity contribution in [2.75, 3.05) is 37.7 Å². The molecule has 0 aromatic heterocycles. The van der Waals surface area contributed by atoms with Crippen molar-refractivity contribution in [2.45, 2.75) is 11.3 Å². The van der Waals surface area contributed by atoms with Gasteiger partial charge in [-0.3, -0.25) is 9.52 Å². The first-order chi connectivity index (χ1) is 17.0. The summed E-state index contributed by atoms with van der Waals surface area (Å²) in [5, 5.41) is 2.86.